The minimum atomic E-state index is -0.145. The lowest BCUT2D eigenvalue weighted by Gasteiger charge is -2.08. The topological polar surface area (TPSA) is 51.2 Å². The SMILES string of the molecule is COc1ncccc1CNC(=O)C=Cc1cc(C)c(C)cc1C. The first kappa shape index (κ1) is 16.7. The molecule has 1 amide bonds. The zero-order valence-corrected chi connectivity index (χ0v) is 14.0. The molecule has 0 atom stereocenters. The molecule has 0 aliphatic heterocycles. The predicted octanol–water partition coefficient (Wildman–Crippen LogP) is 3.35. The maximum atomic E-state index is 12.0. The Balaban J connectivity index is 2.01. The molecule has 0 aliphatic carbocycles. The van der Waals surface area contributed by atoms with Crippen molar-refractivity contribution in [2.75, 3.05) is 7.11 Å². The van der Waals surface area contributed by atoms with Gasteiger partial charge in [0.2, 0.25) is 11.8 Å². The van der Waals surface area contributed by atoms with Gasteiger partial charge < -0.3 is 10.1 Å². The second-order valence-electron chi connectivity index (χ2n) is 5.52. The van der Waals surface area contributed by atoms with E-state index in [-0.39, 0.29) is 5.91 Å². The van der Waals surface area contributed by atoms with Crippen LogP contribution < -0.4 is 10.1 Å². The Morgan fingerprint density at radius 2 is 1.96 bits per heavy atom. The number of benzene rings is 1. The standard InChI is InChI=1S/C19H22N2O2/c1-13-10-15(3)16(11-14(13)2)7-8-18(22)21-12-17-6-5-9-20-19(17)23-4/h5-11H,12H2,1-4H3,(H,21,22). The third kappa shape index (κ3) is 4.42. The van der Waals surface area contributed by atoms with Crippen LogP contribution in [-0.2, 0) is 11.3 Å². The highest BCUT2D eigenvalue weighted by atomic mass is 16.5. The maximum absolute atomic E-state index is 12.0. The van der Waals surface area contributed by atoms with Gasteiger partial charge in [0, 0.05) is 24.4 Å². The van der Waals surface area contributed by atoms with E-state index in [2.05, 4.69) is 36.3 Å². The molecule has 1 aromatic carbocycles. The molecule has 0 aliphatic rings. The van der Waals surface area contributed by atoms with E-state index in [1.807, 2.05) is 25.1 Å². The molecule has 120 valence electrons. The Hall–Kier alpha value is -2.62. The average molecular weight is 310 g/mol. The molecule has 1 N–H and O–H groups in total. The summed E-state index contributed by atoms with van der Waals surface area (Å²) in [4.78, 5) is 16.1. The van der Waals surface area contributed by atoms with Gasteiger partial charge in [-0.2, -0.15) is 0 Å². The van der Waals surface area contributed by atoms with Crippen molar-refractivity contribution < 1.29 is 9.53 Å². The van der Waals surface area contributed by atoms with Crippen LogP contribution in [0.15, 0.2) is 36.5 Å². The Kier molecular flexibility index (Phi) is 5.52. The second-order valence-corrected chi connectivity index (χ2v) is 5.52. The molecular formula is C19H22N2O2. The summed E-state index contributed by atoms with van der Waals surface area (Å²) in [6.45, 7) is 6.58. The van der Waals surface area contributed by atoms with E-state index in [9.17, 15) is 4.79 Å². The zero-order chi connectivity index (χ0) is 16.8. The van der Waals surface area contributed by atoms with Crippen molar-refractivity contribution in [1.82, 2.24) is 10.3 Å². The van der Waals surface area contributed by atoms with Crippen molar-refractivity contribution in [3.8, 4) is 5.88 Å². The van der Waals surface area contributed by atoms with Gasteiger partial charge in [-0.05, 0) is 55.2 Å². The molecule has 0 spiro atoms. The number of rotatable bonds is 5. The fraction of sp³-hybridized carbons (Fsp3) is 0.263. The van der Waals surface area contributed by atoms with Crippen molar-refractivity contribution >= 4 is 12.0 Å². The number of hydrogen-bond acceptors (Lipinski definition) is 3. The van der Waals surface area contributed by atoms with E-state index in [4.69, 9.17) is 4.74 Å². The number of pyridine rings is 1. The summed E-state index contributed by atoms with van der Waals surface area (Å²) in [5.41, 5.74) is 5.54. The van der Waals surface area contributed by atoms with Crippen LogP contribution in [0.3, 0.4) is 0 Å². The van der Waals surface area contributed by atoms with Crippen LogP contribution in [-0.4, -0.2) is 18.0 Å². The van der Waals surface area contributed by atoms with E-state index in [1.54, 1.807) is 19.4 Å². The van der Waals surface area contributed by atoms with Crippen LogP contribution in [0.4, 0.5) is 0 Å². The normalized spacial score (nSPS) is 10.8. The number of amides is 1. The summed E-state index contributed by atoms with van der Waals surface area (Å²) in [5, 5.41) is 2.84. The first-order chi connectivity index (χ1) is 11.0. The van der Waals surface area contributed by atoms with E-state index >= 15 is 0 Å². The van der Waals surface area contributed by atoms with Crippen molar-refractivity contribution in [3.05, 3.63) is 64.4 Å². The lowest BCUT2D eigenvalue weighted by molar-refractivity contribution is -0.116. The molecule has 4 heteroatoms. The van der Waals surface area contributed by atoms with Crippen molar-refractivity contribution in [1.29, 1.82) is 0 Å². The van der Waals surface area contributed by atoms with Crippen LogP contribution in [0.5, 0.6) is 5.88 Å². The summed E-state index contributed by atoms with van der Waals surface area (Å²) in [6, 6.07) is 7.92. The zero-order valence-electron chi connectivity index (χ0n) is 14.0. The lowest BCUT2D eigenvalue weighted by Crippen LogP contribution is -2.20. The average Bonchev–Trinajstić information content (AvgIpc) is 2.55. The van der Waals surface area contributed by atoms with Crippen molar-refractivity contribution in [2.45, 2.75) is 27.3 Å². The van der Waals surface area contributed by atoms with Gasteiger partial charge >= 0.3 is 0 Å². The number of carbonyl (C=O) groups excluding carboxylic acids is 1. The fourth-order valence-corrected chi connectivity index (χ4v) is 2.31. The lowest BCUT2D eigenvalue weighted by atomic mass is 10.0. The fourth-order valence-electron chi connectivity index (χ4n) is 2.31. The number of methoxy groups -OCH3 is 1. The summed E-state index contributed by atoms with van der Waals surface area (Å²) in [7, 11) is 1.57. The predicted molar refractivity (Wildman–Crippen MR) is 92.3 cm³/mol. The first-order valence-electron chi connectivity index (χ1n) is 7.53. The molecule has 2 aromatic rings. The Morgan fingerprint density at radius 3 is 2.70 bits per heavy atom. The van der Waals surface area contributed by atoms with Gasteiger partial charge in [0.25, 0.3) is 0 Å². The van der Waals surface area contributed by atoms with E-state index in [0.717, 1.165) is 16.7 Å². The van der Waals surface area contributed by atoms with E-state index in [1.165, 1.54) is 11.1 Å². The van der Waals surface area contributed by atoms with Crippen molar-refractivity contribution in [2.24, 2.45) is 0 Å². The third-order valence-electron chi connectivity index (χ3n) is 3.79. The van der Waals surface area contributed by atoms with Gasteiger partial charge in [0.15, 0.2) is 0 Å². The van der Waals surface area contributed by atoms with Crippen LogP contribution in [0.2, 0.25) is 0 Å². The Labute approximate surface area is 137 Å². The van der Waals surface area contributed by atoms with Gasteiger partial charge in [0.05, 0.1) is 7.11 Å². The van der Waals surface area contributed by atoms with Crippen LogP contribution >= 0.6 is 0 Å². The molecule has 1 heterocycles. The van der Waals surface area contributed by atoms with Gasteiger partial charge in [-0.3, -0.25) is 4.79 Å². The maximum Gasteiger partial charge on any atom is 0.244 e. The highest BCUT2D eigenvalue weighted by Gasteiger charge is 2.04. The monoisotopic (exact) mass is 310 g/mol. The molecule has 0 radical (unpaired) electrons. The number of hydrogen-bond donors (Lipinski definition) is 1. The second kappa shape index (κ2) is 7.58. The highest BCUT2D eigenvalue weighted by molar-refractivity contribution is 5.91. The minimum absolute atomic E-state index is 0.145. The molecule has 2 rings (SSSR count). The number of ether oxygens (including phenoxy) is 1. The smallest absolute Gasteiger partial charge is 0.244 e. The van der Waals surface area contributed by atoms with E-state index < -0.39 is 0 Å². The molecular weight excluding hydrogens is 288 g/mol. The number of nitrogens with one attached hydrogen (secondary N) is 1. The molecule has 4 nitrogen and oxygen atoms in total. The Morgan fingerprint density at radius 1 is 1.22 bits per heavy atom. The van der Waals surface area contributed by atoms with Crippen LogP contribution in [0.1, 0.15) is 27.8 Å². The molecule has 0 bridgehead atoms. The molecule has 0 unspecified atom stereocenters. The number of aromatic nitrogens is 1. The van der Waals surface area contributed by atoms with Crippen LogP contribution in [0.25, 0.3) is 6.08 Å². The number of nitrogens with zero attached hydrogens (tertiary/aromatic N) is 1. The largest absolute Gasteiger partial charge is 0.481 e. The van der Waals surface area contributed by atoms with E-state index in [0.29, 0.717) is 12.4 Å². The minimum Gasteiger partial charge on any atom is -0.481 e. The van der Waals surface area contributed by atoms with Crippen molar-refractivity contribution in [3.63, 3.8) is 0 Å². The quantitative estimate of drug-likeness (QED) is 0.862. The molecule has 1 aromatic heterocycles. The molecule has 23 heavy (non-hydrogen) atoms. The Bertz CT molecular complexity index is 736. The van der Waals surface area contributed by atoms with Gasteiger partial charge in [-0.1, -0.05) is 18.2 Å². The van der Waals surface area contributed by atoms with Crippen LogP contribution in [0, 0.1) is 20.8 Å². The third-order valence-corrected chi connectivity index (χ3v) is 3.79. The molecule has 0 saturated heterocycles. The summed E-state index contributed by atoms with van der Waals surface area (Å²) in [5.74, 6) is 0.385. The number of aryl methyl sites for hydroxylation is 3. The van der Waals surface area contributed by atoms with Gasteiger partial charge in [-0.25, -0.2) is 4.98 Å². The number of carbonyl (C=O) groups is 1. The summed E-state index contributed by atoms with van der Waals surface area (Å²) in [6.07, 6.45) is 5.06. The molecule has 0 saturated carbocycles. The molecule has 0 fully saturated rings. The van der Waals surface area contributed by atoms with Gasteiger partial charge in [-0.15, -0.1) is 0 Å². The first-order valence-corrected chi connectivity index (χ1v) is 7.53. The van der Waals surface area contributed by atoms with Gasteiger partial charge in [0.1, 0.15) is 0 Å². The highest BCUT2D eigenvalue weighted by Crippen LogP contribution is 2.16. The summed E-state index contributed by atoms with van der Waals surface area (Å²) >= 11 is 0. The summed E-state index contributed by atoms with van der Waals surface area (Å²) < 4.78 is 5.17.